The molecular formula is C13H12N4O2. The zero-order valence-electron chi connectivity index (χ0n) is 9.98. The van der Waals surface area contributed by atoms with Crippen LogP contribution >= 0.6 is 0 Å². The van der Waals surface area contributed by atoms with Gasteiger partial charge in [0.2, 0.25) is 0 Å². The van der Waals surface area contributed by atoms with E-state index in [9.17, 15) is 4.79 Å². The molecule has 2 aromatic rings. The Bertz CT molecular complexity index is 567. The number of aromatic nitrogens is 1. The van der Waals surface area contributed by atoms with Gasteiger partial charge in [-0.2, -0.15) is 5.10 Å². The molecule has 0 bridgehead atoms. The van der Waals surface area contributed by atoms with Crippen molar-refractivity contribution >= 4 is 12.2 Å². The maximum Gasteiger partial charge on any atom is 0.332 e. The molecule has 0 aliphatic carbocycles. The lowest BCUT2D eigenvalue weighted by molar-refractivity contribution is 0.249. The fourth-order valence-electron chi connectivity index (χ4n) is 1.33. The second kappa shape index (κ2) is 6.15. The second-order valence-electron chi connectivity index (χ2n) is 3.59. The third kappa shape index (κ3) is 4.12. The quantitative estimate of drug-likeness (QED) is 0.646. The van der Waals surface area contributed by atoms with Crippen molar-refractivity contribution in [2.45, 2.75) is 0 Å². The van der Waals surface area contributed by atoms with E-state index in [1.54, 1.807) is 36.7 Å². The van der Waals surface area contributed by atoms with E-state index < -0.39 is 6.03 Å². The number of benzene rings is 1. The Morgan fingerprint density at radius 2 is 1.79 bits per heavy atom. The van der Waals surface area contributed by atoms with E-state index in [2.05, 4.69) is 15.5 Å². The Labute approximate surface area is 109 Å². The molecule has 0 saturated heterocycles. The molecule has 6 nitrogen and oxygen atoms in total. The number of hydrazone groups is 1. The summed E-state index contributed by atoms with van der Waals surface area (Å²) in [5.74, 6) is 1.41. The minimum atomic E-state index is -0.700. The lowest BCUT2D eigenvalue weighted by Crippen LogP contribution is -2.24. The van der Waals surface area contributed by atoms with Gasteiger partial charge in [0.15, 0.2) is 0 Å². The molecule has 1 heterocycles. The molecule has 6 heteroatoms. The van der Waals surface area contributed by atoms with Gasteiger partial charge in [0.1, 0.15) is 11.5 Å². The number of nitrogens with one attached hydrogen (secondary N) is 1. The molecule has 19 heavy (non-hydrogen) atoms. The fourth-order valence-corrected chi connectivity index (χ4v) is 1.33. The van der Waals surface area contributed by atoms with Crippen LogP contribution in [0.2, 0.25) is 0 Å². The largest absolute Gasteiger partial charge is 0.457 e. The van der Waals surface area contributed by atoms with Crippen LogP contribution in [0.1, 0.15) is 5.56 Å². The average Bonchev–Trinajstić information content (AvgIpc) is 2.42. The van der Waals surface area contributed by atoms with Crippen molar-refractivity contribution in [3.63, 3.8) is 0 Å². The number of nitrogens with two attached hydrogens (primary N) is 1. The first-order chi connectivity index (χ1) is 9.24. The lowest BCUT2D eigenvalue weighted by Gasteiger charge is -2.04. The van der Waals surface area contributed by atoms with Crippen LogP contribution in [0.15, 0.2) is 53.9 Å². The van der Waals surface area contributed by atoms with Crippen molar-refractivity contribution in [1.82, 2.24) is 10.4 Å². The number of carbonyl (C=O) groups excluding carboxylic acids is 1. The van der Waals surface area contributed by atoms with Gasteiger partial charge in [-0.1, -0.05) is 0 Å². The van der Waals surface area contributed by atoms with E-state index in [0.717, 1.165) is 5.56 Å². The predicted molar refractivity (Wildman–Crippen MR) is 71.1 cm³/mol. The molecule has 0 aliphatic rings. The van der Waals surface area contributed by atoms with Gasteiger partial charge in [-0.25, -0.2) is 10.2 Å². The molecule has 1 aromatic heterocycles. The highest BCUT2D eigenvalue weighted by Crippen LogP contribution is 2.20. The second-order valence-corrected chi connectivity index (χ2v) is 3.59. The Hall–Kier alpha value is -2.89. The summed E-state index contributed by atoms with van der Waals surface area (Å²) in [5, 5.41) is 3.66. The van der Waals surface area contributed by atoms with Gasteiger partial charge >= 0.3 is 6.03 Å². The molecule has 0 unspecified atom stereocenters. The smallest absolute Gasteiger partial charge is 0.332 e. The van der Waals surface area contributed by atoms with Crippen LogP contribution in [0.4, 0.5) is 4.79 Å². The minimum Gasteiger partial charge on any atom is -0.457 e. The first kappa shape index (κ1) is 12.6. The van der Waals surface area contributed by atoms with Crippen molar-refractivity contribution in [3.8, 4) is 11.5 Å². The Morgan fingerprint density at radius 3 is 2.42 bits per heavy atom. The number of nitrogens with zero attached hydrogens (tertiary/aromatic N) is 2. The van der Waals surface area contributed by atoms with Gasteiger partial charge in [0.05, 0.1) is 6.21 Å². The summed E-state index contributed by atoms with van der Waals surface area (Å²) in [6.45, 7) is 0. The van der Waals surface area contributed by atoms with Crippen LogP contribution in [0.25, 0.3) is 0 Å². The summed E-state index contributed by atoms with van der Waals surface area (Å²) in [6.07, 6.45) is 4.80. The lowest BCUT2D eigenvalue weighted by atomic mass is 10.2. The first-order valence-corrected chi connectivity index (χ1v) is 5.50. The number of carbonyl (C=O) groups is 1. The number of pyridine rings is 1. The Kier molecular flexibility index (Phi) is 4.07. The van der Waals surface area contributed by atoms with Crippen molar-refractivity contribution < 1.29 is 9.53 Å². The summed E-state index contributed by atoms with van der Waals surface area (Å²) in [4.78, 5) is 14.3. The van der Waals surface area contributed by atoms with E-state index in [4.69, 9.17) is 10.5 Å². The molecule has 1 aromatic carbocycles. The maximum absolute atomic E-state index is 10.4. The average molecular weight is 256 g/mol. The predicted octanol–water partition coefficient (Wildman–Crippen LogP) is 1.88. The molecule has 0 radical (unpaired) electrons. The highest BCUT2D eigenvalue weighted by atomic mass is 16.5. The number of urea groups is 1. The van der Waals surface area contributed by atoms with Crippen LogP contribution in [0, 0.1) is 0 Å². The van der Waals surface area contributed by atoms with Crippen LogP contribution in [-0.2, 0) is 0 Å². The van der Waals surface area contributed by atoms with Crippen molar-refractivity contribution in [3.05, 3.63) is 54.4 Å². The van der Waals surface area contributed by atoms with E-state index >= 15 is 0 Å². The van der Waals surface area contributed by atoms with E-state index in [-0.39, 0.29) is 0 Å². The molecule has 2 rings (SSSR count). The number of hydrogen-bond donors (Lipinski definition) is 2. The molecule has 3 N–H and O–H groups in total. The Morgan fingerprint density at radius 1 is 1.16 bits per heavy atom. The monoisotopic (exact) mass is 256 g/mol. The normalized spacial score (nSPS) is 10.3. The van der Waals surface area contributed by atoms with Gasteiger partial charge in [-0.3, -0.25) is 4.98 Å². The fraction of sp³-hybridized carbons (Fsp3) is 0. The molecule has 0 aliphatic heterocycles. The SMILES string of the molecule is NC(=O)N/N=C/c1ccc(Oc2ccncc2)cc1. The number of amides is 2. The van der Waals surface area contributed by atoms with Crippen LogP contribution < -0.4 is 15.9 Å². The summed E-state index contributed by atoms with van der Waals surface area (Å²) < 4.78 is 5.60. The van der Waals surface area contributed by atoms with Gasteiger partial charge in [0, 0.05) is 12.4 Å². The third-order valence-corrected chi connectivity index (χ3v) is 2.15. The minimum absolute atomic E-state index is 0.700. The van der Waals surface area contributed by atoms with Gasteiger partial charge < -0.3 is 10.5 Å². The topological polar surface area (TPSA) is 89.6 Å². The highest BCUT2D eigenvalue weighted by Gasteiger charge is 1.96. The maximum atomic E-state index is 10.4. The van der Waals surface area contributed by atoms with Gasteiger partial charge in [-0.15, -0.1) is 0 Å². The summed E-state index contributed by atoms with van der Waals surface area (Å²) in [5.41, 5.74) is 7.81. The van der Waals surface area contributed by atoms with Crippen LogP contribution in [0.5, 0.6) is 11.5 Å². The summed E-state index contributed by atoms with van der Waals surface area (Å²) >= 11 is 0. The number of primary amides is 1. The van der Waals surface area contributed by atoms with E-state index in [0.29, 0.717) is 11.5 Å². The number of ether oxygens (including phenoxy) is 1. The molecule has 0 saturated carbocycles. The highest BCUT2D eigenvalue weighted by molar-refractivity contribution is 5.81. The molecular weight excluding hydrogens is 244 g/mol. The summed E-state index contributed by atoms with van der Waals surface area (Å²) in [6, 6.07) is 10.1. The molecule has 0 atom stereocenters. The van der Waals surface area contributed by atoms with Crippen molar-refractivity contribution in [2.24, 2.45) is 10.8 Å². The van der Waals surface area contributed by atoms with Gasteiger partial charge in [0.25, 0.3) is 0 Å². The number of hydrogen-bond acceptors (Lipinski definition) is 4. The molecule has 96 valence electrons. The molecule has 0 fully saturated rings. The standard InChI is InChI=1S/C13H12N4O2/c14-13(18)17-16-9-10-1-3-11(4-2-10)19-12-5-7-15-8-6-12/h1-9H,(H3,14,17,18)/b16-9+. The van der Waals surface area contributed by atoms with E-state index in [1.807, 2.05) is 12.1 Å². The first-order valence-electron chi connectivity index (χ1n) is 5.50. The van der Waals surface area contributed by atoms with Crippen molar-refractivity contribution in [1.29, 1.82) is 0 Å². The van der Waals surface area contributed by atoms with Gasteiger partial charge in [-0.05, 0) is 42.0 Å². The van der Waals surface area contributed by atoms with Crippen LogP contribution in [0.3, 0.4) is 0 Å². The third-order valence-electron chi connectivity index (χ3n) is 2.15. The summed E-state index contributed by atoms with van der Waals surface area (Å²) in [7, 11) is 0. The van der Waals surface area contributed by atoms with Crippen molar-refractivity contribution in [2.75, 3.05) is 0 Å². The zero-order chi connectivity index (χ0) is 13.5. The molecule has 2 amide bonds. The number of rotatable bonds is 4. The molecule has 0 spiro atoms. The zero-order valence-corrected chi connectivity index (χ0v) is 9.98. The van der Waals surface area contributed by atoms with E-state index in [1.165, 1.54) is 6.21 Å². The van der Waals surface area contributed by atoms with Crippen LogP contribution in [-0.4, -0.2) is 17.2 Å². The Balaban J connectivity index is 1.98.